The Balaban J connectivity index is 1.41. The highest BCUT2D eigenvalue weighted by Crippen LogP contribution is 2.32. The number of fused-ring (bicyclic) bond motifs is 3. The van der Waals surface area contributed by atoms with Crippen molar-refractivity contribution in [2.24, 2.45) is 5.92 Å². The summed E-state index contributed by atoms with van der Waals surface area (Å²) in [6.45, 7) is 4.54. The Hall–Kier alpha value is -2.53. The molecule has 3 aliphatic rings. The first-order valence-corrected chi connectivity index (χ1v) is 9.28. The second-order valence-electron chi connectivity index (χ2n) is 7.31. The number of benzene rings is 2. The number of amides is 1. The fourth-order valence-corrected chi connectivity index (χ4v) is 4.17. The lowest BCUT2D eigenvalue weighted by Crippen LogP contribution is -2.62. The van der Waals surface area contributed by atoms with Gasteiger partial charge < -0.3 is 15.8 Å². The summed E-state index contributed by atoms with van der Waals surface area (Å²) in [4.78, 5) is 15.1. The quantitative estimate of drug-likeness (QED) is 0.830. The van der Waals surface area contributed by atoms with E-state index in [0.717, 1.165) is 13.1 Å². The number of nitrogen functional groups attached to an aromatic ring is 1. The first kappa shape index (κ1) is 16.9. The van der Waals surface area contributed by atoms with Crippen LogP contribution < -0.4 is 15.8 Å². The Morgan fingerprint density at radius 1 is 1.12 bits per heavy atom. The summed E-state index contributed by atoms with van der Waals surface area (Å²) >= 11 is 0. The standard InChI is InChI=1S/C21H25N3O2/c1-14-20(15-9-11-24(14)12-10-15)23-21(25)16-5-7-18(8-6-16)26-19-4-2-3-17(22)13-19/h2-8,13-15,20H,9-12,22H2,1H3,(H,23,25). The molecule has 2 aromatic rings. The van der Waals surface area contributed by atoms with Crippen LogP contribution in [0.3, 0.4) is 0 Å². The molecule has 0 radical (unpaired) electrons. The summed E-state index contributed by atoms with van der Waals surface area (Å²) < 4.78 is 5.78. The fraction of sp³-hybridized carbons (Fsp3) is 0.381. The maximum absolute atomic E-state index is 12.7. The van der Waals surface area contributed by atoms with Crippen LogP contribution in [-0.2, 0) is 0 Å². The molecule has 3 heterocycles. The Morgan fingerprint density at radius 3 is 2.50 bits per heavy atom. The Kier molecular flexibility index (Phi) is 4.55. The van der Waals surface area contributed by atoms with Gasteiger partial charge in [-0.3, -0.25) is 9.69 Å². The summed E-state index contributed by atoms with van der Waals surface area (Å²) in [5, 5.41) is 3.26. The van der Waals surface area contributed by atoms with E-state index in [4.69, 9.17) is 10.5 Å². The van der Waals surface area contributed by atoms with E-state index in [2.05, 4.69) is 17.1 Å². The number of nitrogens with one attached hydrogen (secondary N) is 1. The van der Waals surface area contributed by atoms with Crippen molar-refractivity contribution in [1.82, 2.24) is 10.2 Å². The molecule has 3 saturated heterocycles. The molecule has 2 bridgehead atoms. The monoisotopic (exact) mass is 351 g/mol. The summed E-state index contributed by atoms with van der Waals surface area (Å²) in [5.74, 6) is 1.96. The van der Waals surface area contributed by atoms with Gasteiger partial charge in [0.2, 0.25) is 0 Å². The maximum Gasteiger partial charge on any atom is 0.251 e. The topological polar surface area (TPSA) is 67.6 Å². The van der Waals surface area contributed by atoms with E-state index in [1.165, 1.54) is 12.8 Å². The molecule has 0 saturated carbocycles. The molecule has 2 aromatic carbocycles. The molecule has 26 heavy (non-hydrogen) atoms. The van der Waals surface area contributed by atoms with Crippen LogP contribution in [0.1, 0.15) is 30.1 Å². The van der Waals surface area contributed by atoms with E-state index < -0.39 is 0 Å². The van der Waals surface area contributed by atoms with Crippen LogP contribution in [0, 0.1) is 5.92 Å². The number of hydrogen-bond acceptors (Lipinski definition) is 4. The molecule has 136 valence electrons. The number of anilines is 1. The van der Waals surface area contributed by atoms with E-state index in [0.29, 0.717) is 34.7 Å². The third-order valence-corrected chi connectivity index (χ3v) is 5.69. The van der Waals surface area contributed by atoms with Crippen LogP contribution in [0.15, 0.2) is 48.5 Å². The molecule has 0 aromatic heterocycles. The summed E-state index contributed by atoms with van der Waals surface area (Å²) in [5.41, 5.74) is 7.08. The maximum atomic E-state index is 12.7. The van der Waals surface area contributed by atoms with Crippen molar-refractivity contribution in [3.8, 4) is 11.5 Å². The largest absolute Gasteiger partial charge is 0.457 e. The zero-order valence-corrected chi connectivity index (χ0v) is 15.0. The predicted molar refractivity (Wildman–Crippen MR) is 102 cm³/mol. The van der Waals surface area contributed by atoms with Crippen molar-refractivity contribution < 1.29 is 9.53 Å². The number of rotatable bonds is 4. The van der Waals surface area contributed by atoms with Crippen LogP contribution in [0.4, 0.5) is 5.69 Å². The van der Waals surface area contributed by atoms with Crippen molar-refractivity contribution in [2.45, 2.75) is 31.8 Å². The lowest BCUT2D eigenvalue weighted by Gasteiger charge is -2.49. The first-order chi connectivity index (χ1) is 12.6. The Bertz CT molecular complexity index is 780. The SMILES string of the molecule is CC1C(NC(=O)c2ccc(Oc3cccc(N)c3)cc2)C2CCN1CC2. The minimum atomic E-state index is -0.00824. The molecule has 5 rings (SSSR count). The van der Waals surface area contributed by atoms with Gasteiger partial charge in [-0.2, -0.15) is 0 Å². The first-order valence-electron chi connectivity index (χ1n) is 9.28. The van der Waals surface area contributed by atoms with Gasteiger partial charge in [0.25, 0.3) is 5.91 Å². The number of carbonyl (C=O) groups excluding carboxylic acids is 1. The van der Waals surface area contributed by atoms with Crippen LogP contribution in [0.25, 0.3) is 0 Å². The molecule has 1 amide bonds. The normalized spacial score (nSPS) is 27.1. The molecule has 3 fully saturated rings. The van der Waals surface area contributed by atoms with Crippen LogP contribution in [0.5, 0.6) is 11.5 Å². The van der Waals surface area contributed by atoms with Crippen molar-refractivity contribution in [1.29, 1.82) is 0 Å². The van der Waals surface area contributed by atoms with Crippen molar-refractivity contribution in [3.05, 3.63) is 54.1 Å². The van der Waals surface area contributed by atoms with Crippen LogP contribution in [0.2, 0.25) is 0 Å². The number of carbonyl (C=O) groups is 1. The highest BCUT2D eigenvalue weighted by molar-refractivity contribution is 5.94. The zero-order valence-electron chi connectivity index (χ0n) is 15.0. The second-order valence-corrected chi connectivity index (χ2v) is 7.31. The molecule has 2 unspecified atom stereocenters. The number of ether oxygens (including phenoxy) is 1. The highest BCUT2D eigenvalue weighted by Gasteiger charge is 2.40. The Morgan fingerprint density at radius 2 is 1.85 bits per heavy atom. The van der Waals surface area contributed by atoms with Crippen LogP contribution in [-0.4, -0.2) is 36.0 Å². The minimum Gasteiger partial charge on any atom is -0.457 e. The molecule has 3 aliphatic heterocycles. The Labute approximate surface area is 154 Å². The highest BCUT2D eigenvalue weighted by atomic mass is 16.5. The van der Waals surface area contributed by atoms with E-state index in [-0.39, 0.29) is 11.9 Å². The number of nitrogens with zero attached hydrogens (tertiary/aromatic N) is 1. The molecule has 2 atom stereocenters. The van der Waals surface area contributed by atoms with Gasteiger partial charge >= 0.3 is 0 Å². The average Bonchev–Trinajstić information content (AvgIpc) is 2.65. The van der Waals surface area contributed by atoms with Gasteiger partial charge in [0.05, 0.1) is 0 Å². The third-order valence-electron chi connectivity index (χ3n) is 5.69. The van der Waals surface area contributed by atoms with E-state index in [1.807, 2.05) is 42.5 Å². The number of nitrogens with two attached hydrogens (primary N) is 1. The van der Waals surface area contributed by atoms with Gasteiger partial charge in [-0.25, -0.2) is 0 Å². The molecule has 5 nitrogen and oxygen atoms in total. The molecule has 0 aliphatic carbocycles. The van der Waals surface area contributed by atoms with Gasteiger partial charge in [0.15, 0.2) is 0 Å². The van der Waals surface area contributed by atoms with E-state index in [9.17, 15) is 4.79 Å². The lowest BCUT2D eigenvalue weighted by atomic mass is 9.79. The third kappa shape index (κ3) is 3.40. The van der Waals surface area contributed by atoms with Gasteiger partial charge in [0.1, 0.15) is 11.5 Å². The number of hydrogen-bond donors (Lipinski definition) is 2. The second kappa shape index (κ2) is 7.00. The van der Waals surface area contributed by atoms with Gasteiger partial charge in [-0.05, 0) is 75.2 Å². The lowest BCUT2D eigenvalue weighted by molar-refractivity contribution is 0.0217. The van der Waals surface area contributed by atoms with Gasteiger partial charge in [0, 0.05) is 29.4 Å². The molecule has 0 spiro atoms. The minimum absolute atomic E-state index is 0.00824. The summed E-state index contributed by atoms with van der Waals surface area (Å²) in [6, 6.07) is 15.2. The van der Waals surface area contributed by atoms with E-state index >= 15 is 0 Å². The molecular weight excluding hydrogens is 326 g/mol. The number of piperidine rings is 3. The van der Waals surface area contributed by atoms with E-state index in [1.54, 1.807) is 6.07 Å². The summed E-state index contributed by atoms with van der Waals surface area (Å²) in [7, 11) is 0. The smallest absolute Gasteiger partial charge is 0.251 e. The fourth-order valence-electron chi connectivity index (χ4n) is 4.17. The zero-order chi connectivity index (χ0) is 18.1. The molecule has 3 N–H and O–H groups in total. The average molecular weight is 351 g/mol. The van der Waals surface area contributed by atoms with Crippen molar-refractivity contribution in [3.63, 3.8) is 0 Å². The summed E-state index contributed by atoms with van der Waals surface area (Å²) in [6.07, 6.45) is 2.37. The predicted octanol–water partition coefficient (Wildman–Crippen LogP) is 3.27. The van der Waals surface area contributed by atoms with Gasteiger partial charge in [-0.15, -0.1) is 0 Å². The molecule has 5 heteroatoms. The van der Waals surface area contributed by atoms with Crippen molar-refractivity contribution >= 4 is 11.6 Å². The van der Waals surface area contributed by atoms with Crippen LogP contribution >= 0.6 is 0 Å². The van der Waals surface area contributed by atoms with Gasteiger partial charge in [-0.1, -0.05) is 6.07 Å². The van der Waals surface area contributed by atoms with Crippen molar-refractivity contribution in [2.75, 3.05) is 18.8 Å². The molecular formula is C21H25N3O2.